The summed E-state index contributed by atoms with van der Waals surface area (Å²) < 4.78 is 2.30. The summed E-state index contributed by atoms with van der Waals surface area (Å²) in [5.41, 5.74) is 21.7. The highest BCUT2D eigenvalue weighted by atomic mass is 16.2. The van der Waals surface area contributed by atoms with Crippen LogP contribution >= 0.6 is 0 Å². The summed E-state index contributed by atoms with van der Waals surface area (Å²) in [4.78, 5) is 33.9. The van der Waals surface area contributed by atoms with Gasteiger partial charge in [0.25, 0.3) is 11.8 Å². The average molecular weight is 1070 g/mol. The first kappa shape index (κ1) is 49.8. The number of para-hydroxylation sites is 2. The highest BCUT2D eigenvalue weighted by molar-refractivity contribution is 6.37. The first-order chi connectivity index (χ1) is 41.5. The molecule has 0 fully saturated rings. The Labute approximate surface area is 488 Å². The molecule has 13 aromatic carbocycles. The molecule has 84 heavy (non-hydrogen) atoms. The van der Waals surface area contributed by atoms with E-state index in [4.69, 9.17) is 0 Å². The smallest absolute Gasteiger partial charge is 0.268 e. The molecular formula is C80H52N2O2. The van der Waals surface area contributed by atoms with E-state index in [9.17, 15) is 0 Å². The van der Waals surface area contributed by atoms with Gasteiger partial charge in [0.2, 0.25) is 0 Å². The third-order valence-electron chi connectivity index (χ3n) is 16.5. The maximum absolute atomic E-state index is 16.5. The molecule has 0 radical (unpaired) electrons. The molecule has 0 atom stereocenters. The van der Waals surface area contributed by atoms with Crippen molar-refractivity contribution in [2.75, 3.05) is 4.90 Å². The van der Waals surface area contributed by atoms with Crippen LogP contribution in [0.25, 0.3) is 128 Å². The number of hydrogen-bond acceptors (Lipinski definition) is 2. The minimum absolute atomic E-state index is 0.335. The topological polar surface area (TPSA) is 42.3 Å². The molecule has 2 amide bonds. The van der Waals surface area contributed by atoms with Gasteiger partial charge < -0.3 is 4.57 Å². The van der Waals surface area contributed by atoms with Crippen LogP contribution < -0.4 is 4.90 Å². The summed E-state index contributed by atoms with van der Waals surface area (Å²) in [5.74, 6) is -0.779. The van der Waals surface area contributed by atoms with Gasteiger partial charge in [-0.3, -0.25) is 9.59 Å². The van der Waals surface area contributed by atoms with Crippen molar-refractivity contribution in [3.05, 3.63) is 327 Å². The van der Waals surface area contributed by atoms with Crippen molar-refractivity contribution < 1.29 is 9.59 Å². The largest absolute Gasteiger partial charge is 0.307 e. The molecule has 15 rings (SSSR count). The SMILES string of the molecule is O=C1c2cccc(-n3c4c(-c5cc(-c6ccccc6)cc(-c6ccccc6)c5)cccc4c4cccc(-c5cc(-c6ccccc6)cc(-c6ccccc6)c5)c43)c2C(=O)N1c1c(-c2ccccc2)cc(-c2ccccc2)cc1-c1ccccc1. The standard InChI is InChI=1S/C80H52N2O2/c83-79-71-43-24-44-74(75(71)80(84)82(79)78-72(58-35-18-6-19-36-58)51-64(57-33-16-5-17-34-57)52-73(78)59-37-20-7-21-38-59)81-76-67(65-47-60(53-25-8-1-9-26-53)45-61(48-65)54-27-10-2-11-28-54)39-22-41-69(76)70-42-23-40-68(77(70)81)66-49-62(55-29-12-3-13-30-55)46-63(50-66)56-31-14-4-15-32-56/h1-52H. The number of carbonyl (C=O) groups excluding carboxylic acids is 2. The van der Waals surface area contributed by atoms with E-state index in [1.807, 2.05) is 72.8 Å². The number of carbonyl (C=O) groups is 2. The van der Waals surface area contributed by atoms with Crippen molar-refractivity contribution in [3.8, 4) is 106 Å². The zero-order chi connectivity index (χ0) is 56.1. The Morgan fingerprint density at radius 1 is 0.214 bits per heavy atom. The fourth-order valence-electron chi connectivity index (χ4n) is 12.6. The zero-order valence-corrected chi connectivity index (χ0v) is 45.7. The molecule has 1 aliphatic heterocycles. The van der Waals surface area contributed by atoms with Crippen LogP contribution in [0.1, 0.15) is 20.7 Å². The predicted octanol–water partition coefficient (Wildman–Crippen LogP) is 20.6. The van der Waals surface area contributed by atoms with E-state index >= 15 is 9.59 Å². The lowest BCUT2D eigenvalue weighted by Gasteiger charge is -2.24. The number of amides is 2. The second kappa shape index (κ2) is 21.0. The Hall–Kier alpha value is -11.2. The molecule has 0 spiro atoms. The maximum atomic E-state index is 16.5. The molecule has 2 heterocycles. The van der Waals surface area contributed by atoms with Gasteiger partial charge in [0.1, 0.15) is 0 Å². The monoisotopic (exact) mass is 1070 g/mol. The molecule has 0 bridgehead atoms. The highest BCUT2D eigenvalue weighted by Gasteiger charge is 2.42. The summed E-state index contributed by atoms with van der Waals surface area (Å²) in [5, 5.41) is 2.03. The van der Waals surface area contributed by atoms with Crippen molar-refractivity contribution >= 4 is 39.3 Å². The maximum Gasteiger partial charge on any atom is 0.268 e. The number of nitrogens with zero attached hydrogens (tertiary/aromatic N) is 2. The number of rotatable bonds is 11. The molecule has 394 valence electrons. The molecule has 0 unspecified atom stereocenters. The first-order valence-electron chi connectivity index (χ1n) is 28.5. The summed E-state index contributed by atoms with van der Waals surface area (Å²) in [6.45, 7) is 0. The lowest BCUT2D eigenvalue weighted by Crippen LogP contribution is -2.30. The van der Waals surface area contributed by atoms with Crippen molar-refractivity contribution in [1.29, 1.82) is 0 Å². The number of hydrogen-bond donors (Lipinski definition) is 0. The van der Waals surface area contributed by atoms with E-state index in [1.165, 1.54) is 4.90 Å². The Kier molecular flexibility index (Phi) is 12.5. The van der Waals surface area contributed by atoms with E-state index < -0.39 is 5.91 Å². The minimum Gasteiger partial charge on any atom is -0.307 e. The fourth-order valence-corrected chi connectivity index (χ4v) is 12.6. The van der Waals surface area contributed by atoms with Crippen LogP contribution in [-0.4, -0.2) is 16.4 Å². The molecular weight excluding hydrogens is 1020 g/mol. The second-order valence-corrected chi connectivity index (χ2v) is 21.5. The van der Waals surface area contributed by atoms with Crippen LogP contribution in [0.3, 0.4) is 0 Å². The molecule has 4 nitrogen and oxygen atoms in total. The van der Waals surface area contributed by atoms with E-state index in [-0.39, 0.29) is 5.91 Å². The normalized spacial score (nSPS) is 12.1. The molecule has 0 saturated carbocycles. The van der Waals surface area contributed by atoms with Crippen LogP contribution in [0.15, 0.2) is 315 Å². The number of aromatic nitrogens is 1. The van der Waals surface area contributed by atoms with Crippen molar-refractivity contribution in [3.63, 3.8) is 0 Å². The second-order valence-electron chi connectivity index (χ2n) is 21.5. The van der Waals surface area contributed by atoms with Gasteiger partial charge in [-0.05, 0) is 139 Å². The first-order valence-corrected chi connectivity index (χ1v) is 28.5. The molecule has 0 N–H and O–H groups in total. The molecule has 0 saturated heterocycles. The van der Waals surface area contributed by atoms with Gasteiger partial charge >= 0.3 is 0 Å². The van der Waals surface area contributed by atoms with Crippen LogP contribution in [0.2, 0.25) is 0 Å². The summed E-state index contributed by atoms with van der Waals surface area (Å²) in [7, 11) is 0. The number of anilines is 1. The predicted molar refractivity (Wildman–Crippen MR) is 347 cm³/mol. The number of fused-ring (bicyclic) bond motifs is 4. The van der Waals surface area contributed by atoms with Crippen molar-refractivity contribution in [2.24, 2.45) is 0 Å². The van der Waals surface area contributed by atoms with Gasteiger partial charge in [-0.1, -0.05) is 255 Å². The highest BCUT2D eigenvalue weighted by Crippen LogP contribution is 2.49. The molecule has 4 heteroatoms. The summed E-state index contributed by atoms with van der Waals surface area (Å²) in [6.07, 6.45) is 0. The van der Waals surface area contributed by atoms with Crippen LogP contribution in [0.4, 0.5) is 5.69 Å². The lowest BCUT2D eigenvalue weighted by atomic mass is 9.90. The number of benzene rings is 13. The summed E-state index contributed by atoms with van der Waals surface area (Å²) >= 11 is 0. The van der Waals surface area contributed by atoms with Gasteiger partial charge in [0.15, 0.2) is 0 Å². The number of imide groups is 1. The minimum atomic E-state index is -0.396. The van der Waals surface area contributed by atoms with Crippen molar-refractivity contribution in [2.45, 2.75) is 0 Å². The van der Waals surface area contributed by atoms with E-state index in [1.54, 1.807) is 0 Å². The molecule has 1 aliphatic rings. The van der Waals surface area contributed by atoms with Gasteiger partial charge in [0.05, 0.1) is 33.5 Å². The Balaban J connectivity index is 1.03. The van der Waals surface area contributed by atoms with Crippen molar-refractivity contribution in [1.82, 2.24) is 4.57 Å². The lowest BCUT2D eigenvalue weighted by molar-refractivity contribution is 0.0926. The van der Waals surface area contributed by atoms with Gasteiger partial charge in [-0.2, -0.15) is 0 Å². The molecule has 1 aromatic heterocycles. The molecule has 0 aliphatic carbocycles. The fraction of sp³-hybridized carbons (Fsp3) is 0. The quantitative estimate of drug-likeness (QED) is 0.121. The van der Waals surface area contributed by atoms with Gasteiger partial charge in [-0.15, -0.1) is 0 Å². The third kappa shape index (κ3) is 8.73. The Morgan fingerprint density at radius 3 is 0.869 bits per heavy atom. The van der Waals surface area contributed by atoms with E-state index in [0.717, 1.165) is 122 Å². The van der Waals surface area contributed by atoms with Gasteiger partial charge in [-0.25, -0.2) is 4.90 Å². The molecule has 14 aromatic rings. The Morgan fingerprint density at radius 2 is 0.512 bits per heavy atom. The van der Waals surface area contributed by atoms with Crippen LogP contribution in [0.5, 0.6) is 0 Å². The van der Waals surface area contributed by atoms with Crippen LogP contribution in [0, 0.1) is 0 Å². The van der Waals surface area contributed by atoms with E-state index in [0.29, 0.717) is 22.5 Å². The average Bonchev–Trinajstić information content (AvgIpc) is 4.22. The third-order valence-corrected chi connectivity index (χ3v) is 16.5. The summed E-state index contributed by atoms with van der Waals surface area (Å²) in [6, 6.07) is 110. The van der Waals surface area contributed by atoms with Gasteiger partial charge in [0, 0.05) is 33.0 Å². The zero-order valence-electron chi connectivity index (χ0n) is 45.7. The van der Waals surface area contributed by atoms with Crippen LogP contribution in [-0.2, 0) is 0 Å². The Bertz CT molecular complexity index is 4470. The van der Waals surface area contributed by atoms with E-state index in [2.05, 4.69) is 247 Å².